The Morgan fingerprint density at radius 3 is 2.30 bits per heavy atom. The van der Waals surface area contributed by atoms with E-state index in [9.17, 15) is 5.11 Å². The number of nitrogens with zero attached hydrogens (tertiary/aromatic N) is 1. The largest absolute Gasteiger partial charge is 0.493 e. The van der Waals surface area contributed by atoms with Gasteiger partial charge >= 0.3 is 0 Å². The maximum absolute atomic E-state index is 10.5. The first-order chi connectivity index (χ1) is 11.2. The Hall–Kier alpha value is -2.04. The van der Waals surface area contributed by atoms with E-state index in [0.717, 1.165) is 18.7 Å². The van der Waals surface area contributed by atoms with Gasteiger partial charge in [0.25, 0.3) is 0 Å². The molecule has 4 nitrogen and oxygen atoms in total. The van der Waals surface area contributed by atoms with Gasteiger partial charge in [-0.3, -0.25) is 4.90 Å². The van der Waals surface area contributed by atoms with Crippen LogP contribution in [-0.2, 0) is 6.54 Å². The van der Waals surface area contributed by atoms with Gasteiger partial charge in [0.2, 0.25) is 0 Å². The van der Waals surface area contributed by atoms with E-state index in [2.05, 4.69) is 24.0 Å². The SMILES string of the molecule is CCN(Cc1ccccc1)C[C@H](O)c1ccc(OC)c(OC)c1. The molecule has 0 aliphatic carbocycles. The fourth-order valence-electron chi connectivity index (χ4n) is 2.56. The van der Waals surface area contributed by atoms with E-state index in [0.29, 0.717) is 18.0 Å². The Labute approximate surface area is 138 Å². The van der Waals surface area contributed by atoms with E-state index in [1.165, 1.54) is 5.56 Å². The van der Waals surface area contributed by atoms with Gasteiger partial charge in [-0.1, -0.05) is 43.3 Å². The van der Waals surface area contributed by atoms with Crippen LogP contribution in [0.2, 0.25) is 0 Å². The standard InChI is InChI=1S/C19H25NO3/c1-4-20(13-15-8-6-5-7-9-15)14-17(21)16-10-11-18(22-2)19(12-16)23-3/h5-12,17,21H,4,13-14H2,1-3H3/t17-/m0/s1. The molecule has 0 saturated heterocycles. The van der Waals surface area contributed by atoms with Crippen molar-refractivity contribution < 1.29 is 14.6 Å². The lowest BCUT2D eigenvalue weighted by Crippen LogP contribution is -2.28. The maximum atomic E-state index is 10.5. The molecule has 23 heavy (non-hydrogen) atoms. The number of methoxy groups -OCH3 is 2. The van der Waals surface area contributed by atoms with Crippen LogP contribution in [0.15, 0.2) is 48.5 Å². The van der Waals surface area contributed by atoms with Crippen molar-refractivity contribution in [3.63, 3.8) is 0 Å². The van der Waals surface area contributed by atoms with Crippen LogP contribution in [0.4, 0.5) is 0 Å². The summed E-state index contributed by atoms with van der Waals surface area (Å²) in [4.78, 5) is 2.22. The summed E-state index contributed by atoms with van der Waals surface area (Å²) in [6, 6.07) is 15.8. The average molecular weight is 315 g/mol. The van der Waals surface area contributed by atoms with Crippen molar-refractivity contribution in [3.8, 4) is 11.5 Å². The van der Waals surface area contributed by atoms with Gasteiger partial charge in [-0.15, -0.1) is 0 Å². The Bertz CT molecular complexity index is 601. The Kier molecular flexibility index (Phi) is 6.44. The zero-order chi connectivity index (χ0) is 16.7. The number of ether oxygens (including phenoxy) is 2. The summed E-state index contributed by atoms with van der Waals surface area (Å²) in [7, 11) is 3.20. The van der Waals surface area contributed by atoms with Crippen LogP contribution < -0.4 is 9.47 Å². The molecule has 2 aromatic carbocycles. The molecule has 2 aromatic rings. The minimum atomic E-state index is -0.571. The van der Waals surface area contributed by atoms with Crippen LogP contribution >= 0.6 is 0 Å². The lowest BCUT2D eigenvalue weighted by Gasteiger charge is -2.24. The second-order valence-electron chi connectivity index (χ2n) is 5.44. The number of aliphatic hydroxyl groups is 1. The monoisotopic (exact) mass is 315 g/mol. The zero-order valence-electron chi connectivity index (χ0n) is 14.0. The van der Waals surface area contributed by atoms with Crippen molar-refractivity contribution in [1.82, 2.24) is 4.90 Å². The summed E-state index contributed by atoms with van der Waals surface area (Å²) in [6.45, 7) is 4.37. The van der Waals surface area contributed by atoms with Crippen molar-refractivity contribution >= 4 is 0 Å². The highest BCUT2D eigenvalue weighted by atomic mass is 16.5. The number of benzene rings is 2. The Balaban J connectivity index is 2.05. The van der Waals surface area contributed by atoms with Crippen LogP contribution in [0.1, 0.15) is 24.2 Å². The number of aliphatic hydroxyl groups excluding tert-OH is 1. The predicted octanol–water partition coefficient (Wildman–Crippen LogP) is 3.26. The molecular formula is C19H25NO3. The fraction of sp³-hybridized carbons (Fsp3) is 0.368. The van der Waals surface area contributed by atoms with Crippen LogP contribution in [0.25, 0.3) is 0 Å². The molecule has 0 radical (unpaired) electrons. The molecule has 0 amide bonds. The molecule has 124 valence electrons. The van der Waals surface area contributed by atoms with E-state index < -0.39 is 6.10 Å². The summed E-state index contributed by atoms with van der Waals surface area (Å²) >= 11 is 0. The van der Waals surface area contributed by atoms with Gasteiger partial charge in [-0.25, -0.2) is 0 Å². The highest BCUT2D eigenvalue weighted by Crippen LogP contribution is 2.30. The van der Waals surface area contributed by atoms with Crippen molar-refractivity contribution in [2.45, 2.75) is 19.6 Å². The first-order valence-corrected chi connectivity index (χ1v) is 7.84. The molecule has 0 fully saturated rings. The second kappa shape index (κ2) is 8.56. The van der Waals surface area contributed by atoms with Gasteiger partial charge in [-0.2, -0.15) is 0 Å². The van der Waals surface area contributed by atoms with Gasteiger partial charge in [0, 0.05) is 13.1 Å². The maximum Gasteiger partial charge on any atom is 0.161 e. The lowest BCUT2D eigenvalue weighted by molar-refractivity contribution is 0.112. The van der Waals surface area contributed by atoms with E-state index in [4.69, 9.17) is 9.47 Å². The fourth-order valence-corrected chi connectivity index (χ4v) is 2.56. The number of hydrogen-bond donors (Lipinski definition) is 1. The van der Waals surface area contributed by atoms with Gasteiger partial charge in [0.15, 0.2) is 11.5 Å². The predicted molar refractivity (Wildman–Crippen MR) is 91.9 cm³/mol. The van der Waals surface area contributed by atoms with Crippen molar-refractivity contribution in [2.24, 2.45) is 0 Å². The first-order valence-electron chi connectivity index (χ1n) is 7.84. The average Bonchev–Trinajstić information content (AvgIpc) is 2.61. The van der Waals surface area contributed by atoms with Gasteiger partial charge in [0.1, 0.15) is 0 Å². The third kappa shape index (κ3) is 4.71. The number of likely N-dealkylation sites (N-methyl/N-ethyl adjacent to an activating group) is 1. The van der Waals surface area contributed by atoms with Crippen LogP contribution in [0, 0.1) is 0 Å². The quantitative estimate of drug-likeness (QED) is 0.812. The smallest absolute Gasteiger partial charge is 0.161 e. The molecule has 0 aromatic heterocycles. The molecule has 1 atom stereocenters. The van der Waals surface area contributed by atoms with Crippen LogP contribution in [0.3, 0.4) is 0 Å². The van der Waals surface area contributed by atoms with Crippen LogP contribution in [0.5, 0.6) is 11.5 Å². The summed E-state index contributed by atoms with van der Waals surface area (Å²) in [5.74, 6) is 1.30. The van der Waals surface area contributed by atoms with Crippen molar-refractivity contribution in [3.05, 3.63) is 59.7 Å². The topological polar surface area (TPSA) is 41.9 Å². The molecule has 0 spiro atoms. The minimum Gasteiger partial charge on any atom is -0.493 e. The molecule has 0 bridgehead atoms. The Morgan fingerprint density at radius 1 is 1.00 bits per heavy atom. The van der Waals surface area contributed by atoms with E-state index in [1.807, 2.05) is 36.4 Å². The van der Waals surface area contributed by atoms with Crippen molar-refractivity contribution in [2.75, 3.05) is 27.3 Å². The highest BCUT2D eigenvalue weighted by Gasteiger charge is 2.15. The summed E-state index contributed by atoms with van der Waals surface area (Å²) in [5, 5.41) is 10.5. The third-order valence-corrected chi connectivity index (χ3v) is 3.92. The molecule has 0 heterocycles. The second-order valence-corrected chi connectivity index (χ2v) is 5.44. The van der Waals surface area contributed by atoms with Crippen molar-refractivity contribution in [1.29, 1.82) is 0 Å². The number of hydrogen-bond acceptors (Lipinski definition) is 4. The number of rotatable bonds is 8. The molecule has 4 heteroatoms. The minimum absolute atomic E-state index is 0.570. The lowest BCUT2D eigenvalue weighted by atomic mass is 10.1. The molecule has 2 rings (SSSR count). The third-order valence-electron chi connectivity index (χ3n) is 3.92. The molecule has 0 saturated carbocycles. The van der Waals surface area contributed by atoms with E-state index >= 15 is 0 Å². The highest BCUT2D eigenvalue weighted by molar-refractivity contribution is 5.43. The molecule has 1 N–H and O–H groups in total. The molecule has 0 aliphatic heterocycles. The van der Waals surface area contributed by atoms with E-state index in [1.54, 1.807) is 14.2 Å². The summed E-state index contributed by atoms with van der Waals surface area (Å²) < 4.78 is 10.5. The summed E-state index contributed by atoms with van der Waals surface area (Å²) in [6.07, 6.45) is -0.571. The van der Waals surface area contributed by atoms with Gasteiger partial charge < -0.3 is 14.6 Å². The molecule has 0 aliphatic rings. The Morgan fingerprint density at radius 2 is 1.70 bits per heavy atom. The molecule has 0 unspecified atom stereocenters. The van der Waals surface area contributed by atoms with E-state index in [-0.39, 0.29) is 0 Å². The van der Waals surface area contributed by atoms with Gasteiger partial charge in [0.05, 0.1) is 20.3 Å². The first kappa shape index (κ1) is 17.3. The van der Waals surface area contributed by atoms with Crippen LogP contribution in [-0.4, -0.2) is 37.3 Å². The molecular weight excluding hydrogens is 290 g/mol. The zero-order valence-corrected chi connectivity index (χ0v) is 14.0. The normalized spacial score (nSPS) is 12.2. The van der Waals surface area contributed by atoms with Gasteiger partial charge in [-0.05, 0) is 29.8 Å². The summed E-state index contributed by atoms with van der Waals surface area (Å²) in [5.41, 5.74) is 2.07.